The summed E-state index contributed by atoms with van der Waals surface area (Å²) in [5.41, 5.74) is 5.90. The van der Waals surface area contributed by atoms with Gasteiger partial charge in [-0.1, -0.05) is 25.4 Å². The average molecular weight is 987 g/mol. The Morgan fingerprint density at radius 3 is 1.60 bits per heavy atom. The molecule has 4 atom stereocenters. The van der Waals surface area contributed by atoms with Crippen LogP contribution in [-0.2, 0) is 36.4 Å². The summed E-state index contributed by atoms with van der Waals surface area (Å²) in [5.74, 6) is 2.05. The molecule has 0 amide bonds. The van der Waals surface area contributed by atoms with Crippen LogP contribution in [0.3, 0.4) is 0 Å². The lowest BCUT2D eigenvalue weighted by atomic mass is 10.1. The zero-order valence-electron chi connectivity index (χ0n) is 40.9. The van der Waals surface area contributed by atoms with Gasteiger partial charge in [-0.05, 0) is 63.4 Å². The van der Waals surface area contributed by atoms with Crippen LogP contribution in [0.2, 0.25) is 5.02 Å². The summed E-state index contributed by atoms with van der Waals surface area (Å²) in [5, 5.41) is 13.4. The second kappa shape index (κ2) is 22.2. The highest BCUT2D eigenvalue weighted by molar-refractivity contribution is 7.13. The number of anilines is 6. The summed E-state index contributed by atoms with van der Waals surface area (Å²) < 4.78 is 15.2. The SMILES string of the molecule is CCO[C@H]1CN(c2nccs2)C[C@H]1Nc1c(CC)nc(-c2ccc(N(C)C)cc2Cl)n(C)c1=O.CCO[C@H]1CN(c2nccs2)C[C@H]1Nc1c(CC)nc(-c2cnc(N(C)C)cc2C)n(C)c1=O. The number of pyridine rings is 1. The van der Waals surface area contributed by atoms with Crippen LogP contribution in [0, 0.1) is 6.92 Å². The van der Waals surface area contributed by atoms with E-state index >= 15 is 0 Å². The normalized spacial score (nSPS) is 17.9. The van der Waals surface area contributed by atoms with E-state index < -0.39 is 0 Å². The van der Waals surface area contributed by atoms with Crippen LogP contribution in [0.1, 0.15) is 44.6 Å². The van der Waals surface area contributed by atoms with E-state index in [0.717, 1.165) is 57.2 Å². The molecule has 0 unspecified atom stereocenters. The summed E-state index contributed by atoms with van der Waals surface area (Å²) in [7, 11) is 11.3. The minimum atomic E-state index is -0.127. The quantitative estimate of drug-likeness (QED) is 0.104. The molecule has 8 rings (SSSR count). The van der Waals surface area contributed by atoms with E-state index in [1.54, 1.807) is 58.3 Å². The molecule has 1 aromatic carbocycles. The van der Waals surface area contributed by atoms with Gasteiger partial charge in [-0.15, -0.1) is 22.7 Å². The van der Waals surface area contributed by atoms with Crippen LogP contribution in [0.4, 0.5) is 33.1 Å². The molecule has 364 valence electrons. The molecule has 2 N–H and O–H groups in total. The van der Waals surface area contributed by atoms with Gasteiger partial charge in [0.15, 0.2) is 10.3 Å². The van der Waals surface area contributed by atoms with E-state index in [-0.39, 0.29) is 35.4 Å². The highest BCUT2D eigenvalue weighted by Crippen LogP contribution is 2.32. The number of nitrogens with zero attached hydrogens (tertiary/aromatic N) is 11. The number of halogens is 1. The fraction of sp³-hybridized carbons (Fsp3) is 0.479. The summed E-state index contributed by atoms with van der Waals surface area (Å²) in [4.78, 5) is 58.7. The number of aryl methyl sites for hydroxylation is 3. The second-order valence-electron chi connectivity index (χ2n) is 17.2. The summed E-state index contributed by atoms with van der Waals surface area (Å²) in [6.45, 7) is 14.1. The van der Waals surface area contributed by atoms with Crippen molar-refractivity contribution < 1.29 is 9.47 Å². The van der Waals surface area contributed by atoms with Crippen LogP contribution < -0.4 is 41.4 Å². The first-order valence-electron chi connectivity index (χ1n) is 23.0. The van der Waals surface area contributed by atoms with Crippen LogP contribution in [-0.4, -0.2) is 126 Å². The van der Waals surface area contributed by atoms with Gasteiger partial charge in [-0.3, -0.25) is 18.7 Å². The average Bonchev–Trinajstić information content (AvgIpc) is 4.17. The van der Waals surface area contributed by atoms with E-state index in [4.69, 9.17) is 31.0 Å². The van der Waals surface area contributed by atoms with Crippen molar-refractivity contribution in [1.29, 1.82) is 0 Å². The molecule has 68 heavy (non-hydrogen) atoms. The Labute approximate surface area is 411 Å². The molecular formula is C48H64ClN13O4S2. The van der Waals surface area contributed by atoms with Crippen molar-refractivity contribution in [3.05, 3.63) is 96.3 Å². The molecule has 5 aromatic heterocycles. The van der Waals surface area contributed by atoms with Crippen LogP contribution >= 0.6 is 34.3 Å². The summed E-state index contributed by atoms with van der Waals surface area (Å²) in [6.07, 6.45) is 6.56. The molecule has 2 saturated heterocycles. The van der Waals surface area contributed by atoms with Crippen molar-refractivity contribution in [2.45, 2.75) is 71.8 Å². The van der Waals surface area contributed by atoms with E-state index in [9.17, 15) is 9.59 Å². The highest BCUT2D eigenvalue weighted by Gasteiger charge is 2.37. The Hall–Kier alpha value is -5.60. The van der Waals surface area contributed by atoms with E-state index in [1.807, 2.05) is 114 Å². The first-order valence-corrected chi connectivity index (χ1v) is 25.2. The number of hydrogen-bond acceptors (Lipinski definition) is 17. The third-order valence-electron chi connectivity index (χ3n) is 12.2. The van der Waals surface area contributed by atoms with E-state index in [0.29, 0.717) is 72.9 Å². The Bertz CT molecular complexity index is 2580. The third kappa shape index (κ3) is 10.8. The van der Waals surface area contributed by atoms with Crippen LogP contribution in [0.25, 0.3) is 22.8 Å². The van der Waals surface area contributed by atoms with Gasteiger partial charge in [-0.2, -0.15) is 0 Å². The third-order valence-corrected chi connectivity index (χ3v) is 14.2. The lowest BCUT2D eigenvalue weighted by molar-refractivity contribution is 0.0718. The maximum absolute atomic E-state index is 13.6. The number of ether oxygens (including phenoxy) is 2. The van der Waals surface area contributed by atoms with Crippen molar-refractivity contribution in [3.63, 3.8) is 0 Å². The Balaban J connectivity index is 0.000000201. The predicted octanol–water partition coefficient (Wildman–Crippen LogP) is 6.83. The molecule has 7 heterocycles. The maximum atomic E-state index is 13.6. The number of benzene rings is 1. The number of aromatic nitrogens is 7. The first kappa shape index (κ1) is 50.3. The molecule has 0 spiro atoms. The molecule has 6 aromatic rings. The van der Waals surface area contributed by atoms with Gasteiger partial charge in [0.1, 0.15) is 28.8 Å². The topological polar surface area (TPSA) is 164 Å². The van der Waals surface area contributed by atoms with Crippen molar-refractivity contribution in [1.82, 2.24) is 34.1 Å². The molecule has 20 heteroatoms. The molecule has 0 radical (unpaired) electrons. The van der Waals surface area contributed by atoms with E-state index in [1.165, 1.54) is 0 Å². The highest BCUT2D eigenvalue weighted by atomic mass is 35.5. The Morgan fingerprint density at radius 2 is 1.21 bits per heavy atom. The molecule has 2 aliphatic heterocycles. The number of hydrogen-bond donors (Lipinski definition) is 2. The zero-order valence-corrected chi connectivity index (χ0v) is 43.3. The maximum Gasteiger partial charge on any atom is 0.277 e. The summed E-state index contributed by atoms with van der Waals surface area (Å²) >= 11 is 9.81. The predicted molar refractivity (Wildman–Crippen MR) is 279 cm³/mol. The lowest BCUT2D eigenvalue weighted by Crippen LogP contribution is -2.38. The monoisotopic (exact) mass is 985 g/mol. The second-order valence-corrected chi connectivity index (χ2v) is 19.3. The Kier molecular flexibility index (Phi) is 16.4. The van der Waals surface area contributed by atoms with Gasteiger partial charge in [0, 0.05) is 128 Å². The molecule has 17 nitrogen and oxygen atoms in total. The minimum absolute atomic E-state index is 0.0442. The van der Waals surface area contributed by atoms with Gasteiger partial charge >= 0.3 is 0 Å². The smallest absolute Gasteiger partial charge is 0.277 e. The first-order chi connectivity index (χ1) is 32.7. The van der Waals surface area contributed by atoms with Crippen LogP contribution in [0.15, 0.2) is 63.2 Å². The molecule has 0 bridgehead atoms. The number of nitrogens with one attached hydrogen (secondary N) is 2. The lowest BCUT2D eigenvalue weighted by Gasteiger charge is -2.23. The van der Waals surface area contributed by atoms with Crippen molar-refractivity contribution in [2.24, 2.45) is 14.1 Å². The van der Waals surface area contributed by atoms with E-state index in [2.05, 4.69) is 35.4 Å². The van der Waals surface area contributed by atoms with Gasteiger partial charge in [-0.25, -0.2) is 24.9 Å². The summed E-state index contributed by atoms with van der Waals surface area (Å²) in [6, 6.07) is 7.69. The molecular weight excluding hydrogens is 922 g/mol. The van der Waals surface area contributed by atoms with Crippen LogP contribution in [0.5, 0.6) is 0 Å². The fourth-order valence-corrected chi connectivity index (χ4v) is 10.2. The van der Waals surface area contributed by atoms with Crippen molar-refractivity contribution in [3.8, 4) is 22.8 Å². The van der Waals surface area contributed by atoms with Gasteiger partial charge in [0.2, 0.25) is 0 Å². The van der Waals surface area contributed by atoms with Gasteiger partial charge < -0.3 is 39.7 Å². The van der Waals surface area contributed by atoms with Crippen molar-refractivity contribution in [2.75, 3.05) is 97.8 Å². The molecule has 0 saturated carbocycles. The fourth-order valence-electron chi connectivity index (χ4n) is 8.58. The molecule has 2 fully saturated rings. The minimum Gasteiger partial charge on any atom is -0.378 e. The Morgan fingerprint density at radius 1 is 0.706 bits per heavy atom. The molecule has 0 aliphatic carbocycles. The zero-order chi connectivity index (χ0) is 48.8. The standard InChI is InChI=1S/C24H31ClN6O2S.C24H33N7O2S/c1-6-18-21(27-19-13-31(14-20(19)33-7-2)24-26-10-11-34-24)23(32)30(5)22(28-18)16-9-8-15(29(3)4)12-17(16)25;1-7-17-21(27-18-13-31(14-19(18)33-8-2)24-25-9-10-34-24)23(32)30(6)22(28-17)16-12-26-20(29(4)5)11-15(16)3/h8-12,19-20,27H,6-7,13-14H2,1-5H3;9-12,18-19,27H,7-8,13-14H2,1-6H3/t19-,20+;18-,19+/m11/s1. The van der Waals surface area contributed by atoms with Gasteiger partial charge in [0.05, 0.1) is 40.7 Å². The number of rotatable bonds is 16. The number of thiazole rings is 2. The van der Waals surface area contributed by atoms with Gasteiger partial charge in [0.25, 0.3) is 11.1 Å². The van der Waals surface area contributed by atoms with Crippen molar-refractivity contribution >= 4 is 67.4 Å². The largest absolute Gasteiger partial charge is 0.378 e. The molecule has 2 aliphatic rings.